The summed E-state index contributed by atoms with van der Waals surface area (Å²) in [6.07, 6.45) is 0. The molecule has 4 rings (SSSR count). The third-order valence-electron chi connectivity index (χ3n) is 5.07. The Balaban J connectivity index is 1.46. The van der Waals surface area contributed by atoms with Gasteiger partial charge in [0.25, 0.3) is 0 Å². The number of halogens is 1. The maximum absolute atomic E-state index is 13.2. The Morgan fingerprint density at radius 3 is 2.53 bits per heavy atom. The van der Waals surface area contributed by atoms with Gasteiger partial charge in [0.15, 0.2) is 5.58 Å². The first-order valence-electron chi connectivity index (χ1n) is 9.40. The summed E-state index contributed by atoms with van der Waals surface area (Å²) in [5.41, 5.74) is 1.39. The molecule has 1 aromatic heterocycles. The van der Waals surface area contributed by atoms with Crippen molar-refractivity contribution in [3.05, 3.63) is 47.3 Å². The summed E-state index contributed by atoms with van der Waals surface area (Å²) in [7, 11) is -0.763. The largest absolute Gasteiger partial charge is 0.497 e. The summed E-state index contributed by atoms with van der Waals surface area (Å²) < 4.78 is 44.0. The van der Waals surface area contributed by atoms with Crippen LogP contribution in [0.15, 0.2) is 45.7 Å². The number of hydrogen-bond donors (Lipinski definition) is 0. The predicted octanol–water partition coefficient (Wildman–Crippen LogP) is 3.00. The maximum Gasteiger partial charge on any atom is 0.246 e. The van der Waals surface area contributed by atoms with Crippen LogP contribution >= 0.6 is 11.6 Å². The van der Waals surface area contributed by atoms with Gasteiger partial charge in [-0.3, -0.25) is 4.90 Å². The van der Waals surface area contributed by atoms with Crippen molar-refractivity contribution in [2.24, 2.45) is 0 Å². The van der Waals surface area contributed by atoms with Crippen molar-refractivity contribution in [1.82, 2.24) is 14.2 Å². The van der Waals surface area contributed by atoms with E-state index in [9.17, 15) is 8.42 Å². The van der Waals surface area contributed by atoms with E-state index in [0.717, 1.165) is 5.52 Å². The van der Waals surface area contributed by atoms with Crippen molar-refractivity contribution in [3.63, 3.8) is 0 Å². The molecule has 8 nitrogen and oxygen atoms in total. The Kier molecular flexibility index (Phi) is 5.88. The molecule has 0 atom stereocenters. The van der Waals surface area contributed by atoms with E-state index in [1.807, 2.05) is 6.07 Å². The van der Waals surface area contributed by atoms with Gasteiger partial charge in [-0.25, -0.2) is 13.4 Å². The zero-order chi connectivity index (χ0) is 21.3. The number of sulfonamides is 1. The third kappa shape index (κ3) is 4.11. The smallest absolute Gasteiger partial charge is 0.246 e. The second kappa shape index (κ2) is 8.43. The van der Waals surface area contributed by atoms with Crippen LogP contribution in [0.1, 0.15) is 5.89 Å². The Morgan fingerprint density at radius 2 is 1.83 bits per heavy atom. The van der Waals surface area contributed by atoms with E-state index >= 15 is 0 Å². The predicted molar refractivity (Wildman–Crippen MR) is 113 cm³/mol. The lowest BCUT2D eigenvalue weighted by molar-refractivity contribution is 0.169. The summed E-state index contributed by atoms with van der Waals surface area (Å²) in [4.78, 5) is 6.69. The van der Waals surface area contributed by atoms with E-state index in [2.05, 4.69) is 9.88 Å². The summed E-state index contributed by atoms with van der Waals surface area (Å²) in [5, 5.41) is 0.594. The molecule has 0 amide bonds. The molecule has 30 heavy (non-hydrogen) atoms. The van der Waals surface area contributed by atoms with Crippen LogP contribution in [0.4, 0.5) is 0 Å². The molecule has 10 heteroatoms. The first-order valence-corrected chi connectivity index (χ1v) is 11.2. The summed E-state index contributed by atoms with van der Waals surface area (Å²) in [6, 6.07) is 10.1. The lowest BCUT2D eigenvalue weighted by Gasteiger charge is -2.33. The molecule has 2 heterocycles. The second-order valence-corrected chi connectivity index (χ2v) is 9.26. The van der Waals surface area contributed by atoms with Gasteiger partial charge in [-0.15, -0.1) is 0 Å². The van der Waals surface area contributed by atoms with Crippen LogP contribution < -0.4 is 9.47 Å². The van der Waals surface area contributed by atoms with E-state index in [-0.39, 0.29) is 4.90 Å². The van der Waals surface area contributed by atoms with Crippen LogP contribution in [-0.4, -0.2) is 63.0 Å². The van der Waals surface area contributed by atoms with Crippen molar-refractivity contribution >= 4 is 32.7 Å². The lowest BCUT2D eigenvalue weighted by Crippen LogP contribution is -2.48. The topological polar surface area (TPSA) is 85.1 Å². The minimum Gasteiger partial charge on any atom is -0.497 e. The molecule has 1 fully saturated rings. The van der Waals surface area contributed by atoms with Crippen molar-refractivity contribution in [2.45, 2.75) is 11.4 Å². The van der Waals surface area contributed by atoms with Gasteiger partial charge in [-0.2, -0.15) is 4.31 Å². The van der Waals surface area contributed by atoms with Crippen LogP contribution in [0.2, 0.25) is 5.02 Å². The number of methoxy groups -OCH3 is 2. The molecule has 3 aromatic rings. The molecule has 0 N–H and O–H groups in total. The van der Waals surface area contributed by atoms with Crippen LogP contribution in [0, 0.1) is 0 Å². The van der Waals surface area contributed by atoms with Gasteiger partial charge in [-0.1, -0.05) is 11.6 Å². The summed E-state index contributed by atoms with van der Waals surface area (Å²) in [6.45, 7) is 2.34. The standard InChI is InChI=1S/C20H22ClN3O5S/c1-27-15-4-6-17(28-2)19(12-15)30(25,26)24-9-7-23(8-10-24)13-20-22-16-5-3-14(21)11-18(16)29-20/h3-6,11-12H,7-10,13H2,1-2H3. The van der Waals surface area contributed by atoms with E-state index in [1.165, 1.54) is 24.6 Å². The zero-order valence-electron chi connectivity index (χ0n) is 16.7. The van der Waals surface area contributed by atoms with Crippen LogP contribution in [0.3, 0.4) is 0 Å². The first kappa shape index (κ1) is 20.9. The normalized spacial score (nSPS) is 16.1. The van der Waals surface area contributed by atoms with Crippen molar-refractivity contribution in [2.75, 3.05) is 40.4 Å². The van der Waals surface area contributed by atoms with Crippen molar-refractivity contribution < 1.29 is 22.3 Å². The zero-order valence-corrected chi connectivity index (χ0v) is 18.2. The minimum atomic E-state index is -3.71. The number of benzene rings is 2. The van der Waals surface area contributed by atoms with Gasteiger partial charge < -0.3 is 13.9 Å². The third-order valence-corrected chi connectivity index (χ3v) is 7.23. The highest BCUT2D eigenvalue weighted by Crippen LogP contribution is 2.31. The van der Waals surface area contributed by atoms with E-state index in [4.69, 9.17) is 25.5 Å². The first-order chi connectivity index (χ1) is 14.4. The molecular weight excluding hydrogens is 430 g/mol. The number of oxazole rings is 1. The second-order valence-electron chi connectivity index (χ2n) is 6.92. The Hall–Kier alpha value is -2.33. The fourth-order valence-electron chi connectivity index (χ4n) is 3.46. The van der Waals surface area contributed by atoms with Crippen molar-refractivity contribution in [1.29, 1.82) is 0 Å². The van der Waals surface area contributed by atoms with E-state index < -0.39 is 10.0 Å². The van der Waals surface area contributed by atoms with Gasteiger partial charge in [0, 0.05) is 43.3 Å². The molecular formula is C20H22ClN3O5S. The van der Waals surface area contributed by atoms with Gasteiger partial charge in [-0.05, 0) is 24.3 Å². The number of fused-ring (bicyclic) bond motifs is 1. The highest BCUT2D eigenvalue weighted by molar-refractivity contribution is 7.89. The molecule has 0 saturated carbocycles. The molecule has 0 radical (unpaired) electrons. The van der Waals surface area contributed by atoms with Crippen molar-refractivity contribution in [3.8, 4) is 11.5 Å². The number of hydrogen-bond acceptors (Lipinski definition) is 7. The maximum atomic E-state index is 13.2. The Labute approximate surface area is 180 Å². The van der Waals surface area contributed by atoms with Gasteiger partial charge in [0.1, 0.15) is 21.9 Å². The molecule has 1 aliphatic heterocycles. The molecule has 160 valence electrons. The molecule has 0 aliphatic carbocycles. The average Bonchev–Trinajstić information content (AvgIpc) is 3.14. The average molecular weight is 452 g/mol. The fraction of sp³-hybridized carbons (Fsp3) is 0.350. The highest BCUT2D eigenvalue weighted by atomic mass is 35.5. The molecule has 0 spiro atoms. The highest BCUT2D eigenvalue weighted by Gasteiger charge is 2.31. The van der Waals surface area contributed by atoms with E-state index in [0.29, 0.717) is 60.7 Å². The number of piperazine rings is 1. The Morgan fingerprint density at radius 1 is 1.07 bits per heavy atom. The monoisotopic (exact) mass is 451 g/mol. The Bertz CT molecular complexity index is 1160. The van der Waals surface area contributed by atoms with E-state index in [1.54, 1.807) is 24.3 Å². The van der Waals surface area contributed by atoms with Crippen LogP contribution in [-0.2, 0) is 16.6 Å². The molecule has 1 saturated heterocycles. The summed E-state index contributed by atoms with van der Waals surface area (Å²) in [5.74, 6) is 1.34. The minimum absolute atomic E-state index is 0.105. The van der Waals surface area contributed by atoms with Crippen LogP contribution in [0.25, 0.3) is 11.1 Å². The number of rotatable bonds is 6. The number of ether oxygens (including phenoxy) is 2. The lowest BCUT2D eigenvalue weighted by atomic mass is 10.3. The van der Waals surface area contributed by atoms with Gasteiger partial charge in [0.2, 0.25) is 15.9 Å². The SMILES string of the molecule is COc1ccc(OC)c(S(=O)(=O)N2CCN(Cc3nc4ccc(Cl)cc4o3)CC2)c1. The quantitative estimate of drug-likeness (QED) is 0.569. The molecule has 1 aliphatic rings. The van der Waals surface area contributed by atoms with Gasteiger partial charge >= 0.3 is 0 Å². The fourth-order valence-corrected chi connectivity index (χ4v) is 5.21. The molecule has 2 aromatic carbocycles. The number of aromatic nitrogens is 1. The molecule has 0 bridgehead atoms. The summed E-state index contributed by atoms with van der Waals surface area (Å²) >= 11 is 5.99. The molecule has 0 unspecified atom stereocenters. The van der Waals surface area contributed by atoms with Gasteiger partial charge in [0.05, 0.1) is 20.8 Å². The number of nitrogens with zero attached hydrogens (tertiary/aromatic N) is 3. The van der Waals surface area contributed by atoms with Crippen LogP contribution in [0.5, 0.6) is 11.5 Å².